The number of rotatable bonds is 30. The Hall–Kier alpha value is 0.988. The molecule has 0 aliphatic heterocycles. The number of hydrogen-bond acceptors (Lipinski definition) is 4. The van der Waals surface area contributed by atoms with Crippen LogP contribution in [-0.2, 0) is 30.8 Å². The van der Waals surface area contributed by atoms with Crippen LogP contribution >= 0.6 is 0 Å². The molecule has 39 heavy (non-hydrogen) atoms. The molecule has 0 radical (unpaired) electrons. The number of unbranched alkanes of at least 4 members (excludes halogenated alkanes) is 8. The van der Waals surface area contributed by atoms with E-state index in [0.29, 0.717) is 0 Å². The summed E-state index contributed by atoms with van der Waals surface area (Å²) >= 11 is -4.02. The van der Waals surface area contributed by atoms with Gasteiger partial charge in [-0.05, 0) is 0 Å². The molecule has 0 N–H and O–H groups in total. The molecular weight excluding hydrogens is 552 g/mol. The van der Waals surface area contributed by atoms with Gasteiger partial charge in [-0.1, -0.05) is 0 Å². The van der Waals surface area contributed by atoms with Crippen LogP contribution in [0.1, 0.15) is 158 Å². The summed E-state index contributed by atoms with van der Waals surface area (Å²) in [6, 6.07) is 7.43. The molecule has 0 saturated heterocycles. The van der Waals surface area contributed by atoms with Crippen LogP contribution in [0, 0.1) is 0 Å². The maximum atomic E-state index is 7.72. The molecule has 0 aromatic heterocycles. The second kappa shape index (κ2) is 25.5. The van der Waals surface area contributed by atoms with Gasteiger partial charge in [0.2, 0.25) is 0 Å². The van der Waals surface area contributed by atoms with Gasteiger partial charge < -0.3 is 0 Å². The van der Waals surface area contributed by atoms with Crippen molar-refractivity contribution in [3.05, 3.63) is 0 Å². The zero-order valence-corrected chi connectivity index (χ0v) is 31.7. The molecule has 0 unspecified atom stereocenters. The summed E-state index contributed by atoms with van der Waals surface area (Å²) in [6.45, 7) is 19.9. The van der Waals surface area contributed by atoms with Crippen molar-refractivity contribution < 1.29 is 30.8 Å². The van der Waals surface area contributed by atoms with Crippen molar-refractivity contribution in [1.29, 1.82) is 0 Å². The van der Waals surface area contributed by atoms with Crippen molar-refractivity contribution in [3.63, 3.8) is 0 Å². The van der Waals surface area contributed by atoms with Gasteiger partial charge in [-0.2, -0.15) is 0 Å². The zero-order valence-electron chi connectivity index (χ0n) is 28.1. The van der Waals surface area contributed by atoms with E-state index in [4.69, 9.17) is 12.7 Å². The van der Waals surface area contributed by atoms with E-state index in [0.717, 1.165) is 38.9 Å². The Balaban J connectivity index is 6.80. The SMILES string of the molecule is CCCC[O][Ti]([O]CCCC)([O][Si](CCCC)(CCCC)CCCC)[O][Si](CCCC)(CCCC)CCCC. The van der Waals surface area contributed by atoms with E-state index in [1.807, 2.05) is 0 Å². The van der Waals surface area contributed by atoms with Crippen LogP contribution in [0.5, 0.6) is 0 Å². The van der Waals surface area contributed by atoms with Crippen molar-refractivity contribution >= 4 is 16.6 Å². The average Bonchev–Trinajstić information content (AvgIpc) is 2.94. The van der Waals surface area contributed by atoms with Crippen LogP contribution < -0.4 is 0 Å². The van der Waals surface area contributed by atoms with E-state index in [2.05, 4.69) is 55.4 Å². The fraction of sp³-hybridized carbons (Fsp3) is 1.00. The maximum absolute atomic E-state index is 7.72. The zero-order chi connectivity index (χ0) is 29.3. The topological polar surface area (TPSA) is 36.9 Å². The Morgan fingerprint density at radius 2 is 0.590 bits per heavy atom. The van der Waals surface area contributed by atoms with E-state index >= 15 is 0 Å². The Bertz CT molecular complexity index is 449. The fourth-order valence-corrected chi connectivity index (χ4v) is 25.9. The second-order valence-electron chi connectivity index (χ2n) is 12.1. The van der Waals surface area contributed by atoms with Gasteiger partial charge in [-0.25, -0.2) is 0 Å². The molecule has 0 spiro atoms. The van der Waals surface area contributed by atoms with Crippen LogP contribution in [0.25, 0.3) is 0 Å². The van der Waals surface area contributed by atoms with E-state index in [1.165, 1.54) is 113 Å². The third kappa shape index (κ3) is 17.6. The first kappa shape index (κ1) is 40.0. The van der Waals surface area contributed by atoms with Crippen molar-refractivity contribution in [2.24, 2.45) is 0 Å². The first-order valence-corrected chi connectivity index (χ1v) is 25.2. The fourth-order valence-electron chi connectivity index (χ4n) is 5.44. The Morgan fingerprint density at radius 3 is 0.795 bits per heavy atom. The predicted octanol–water partition coefficient (Wildman–Crippen LogP) is 12.2. The summed E-state index contributed by atoms with van der Waals surface area (Å²) in [6.07, 6.45) is 19.3. The minimum atomic E-state index is -4.02. The van der Waals surface area contributed by atoms with E-state index in [1.54, 1.807) is 0 Å². The molecule has 0 atom stereocenters. The standard InChI is InChI=1S/2C12H27OSi.2C4H9O.Ti/c2*1-4-7-10-14(13,11-8-5-2)12-9-6-3;2*1-2-3-4-5;/h2*4-12H2,1-3H3;2*2-4H2,1H3;/q4*-1;+4. The van der Waals surface area contributed by atoms with Crippen LogP contribution in [0.15, 0.2) is 0 Å². The van der Waals surface area contributed by atoms with Gasteiger partial charge in [-0.3, -0.25) is 0 Å². The summed E-state index contributed by atoms with van der Waals surface area (Å²) in [5.41, 5.74) is 0. The van der Waals surface area contributed by atoms with Gasteiger partial charge in [0.1, 0.15) is 0 Å². The molecule has 7 heteroatoms. The molecule has 0 amide bonds. The van der Waals surface area contributed by atoms with E-state index in [9.17, 15) is 0 Å². The van der Waals surface area contributed by atoms with Gasteiger partial charge in [-0.15, -0.1) is 0 Å². The molecule has 0 heterocycles. The van der Waals surface area contributed by atoms with Crippen molar-refractivity contribution in [3.8, 4) is 0 Å². The summed E-state index contributed by atoms with van der Waals surface area (Å²) in [5, 5.41) is 0. The van der Waals surface area contributed by atoms with Gasteiger partial charge in [0.25, 0.3) is 0 Å². The van der Waals surface area contributed by atoms with Crippen molar-refractivity contribution in [1.82, 2.24) is 0 Å². The van der Waals surface area contributed by atoms with Gasteiger partial charge in [0.15, 0.2) is 0 Å². The molecule has 236 valence electrons. The molecule has 0 rings (SSSR count). The van der Waals surface area contributed by atoms with Crippen LogP contribution in [0.3, 0.4) is 0 Å². The minimum absolute atomic E-state index is 0.724. The van der Waals surface area contributed by atoms with Crippen molar-refractivity contribution in [2.45, 2.75) is 194 Å². The molecule has 4 nitrogen and oxygen atoms in total. The normalized spacial score (nSPS) is 12.9. The monoisotopic (exact) mass is 624 g/mol. The third-order valence-corrected chi connectivity index (χ3v) is 25.2. The van der Waals surface area contributed by atoms with Crippen molar-refractivity contribution in [2.75, 3.05) is 13.2 Å². The first-order valence-electron chi connectivity index (χ1n) is 17.6. The second-order valence-corrected chi connectivity index (χ2v) is 24.6. The van der Waals surface area contributed by atoms with Gasteiger partial charge >= 0.3 is 255 Å². The van der Waals surface area contributed by atoms with Crippen LogP contribution in [-0.4, -0.2) is 29.8 Å². The van der Waals surface area contributed by atoms with Gasteiger partial charge in [0.05, 0.1) is 0 Å². The molecule has 0 aliphatic carbocycles. The summed E-state index contributed by atoms with van der Waals surface area (Å²) in [5.74, 6) is 0. The Kier molecular flexibility index (Phi) is 26.1. The Morgan fingerprint density at radius 1 is 0.359 bits per heavy atom. The third-order valence-electron chi connectivity index (χ3n) is 8.15. The molecule has 0 aliphatic rings. The van der Waals surface area contributed by atoms with E-state index < -0.39 is 34.8 Å². The molecular formula is C32H72O4Si2Ti. The molecule has 0 aromatic carbocycles. The van der Waals surface area contributed by atoms with Gasteiger partial charge in [0, 0.05) is 0 Å². The summed E-state index contributed by atoms with van der Waals surface area (Å²) in [4.78, 5) is 0. The quantitative estimate of drug-likeness (QED) is 0.0588. The molecule has 0 bridgehead atoms. The van der Waals surface area contributed by atoms with Crippen LogP contribution in [0.4, 0.5) is 0 Å². The molecule has 0 aromatic rings. The summed E-state index contributed by atoms with van der Waals surface area (Å²) in [7, 11) is -4.15. The van der Waals surface area contributed by atoms with Crippen LogP contribution in [0.2, 0.25) is 36.3 Å². The molecule has 0 saturated carbocycles. The summed E-state index contributed by atoms with van der Waals surface area (Å²) < 4.78 is 29.4. The predicted molar refractivity (Wildman–Crippen MR) is 174 cm³/mol. The Labute approximate surface area is 254 Å². The van der Waals surface area contributed by atoms with E-state index in [-0.39, 0.29) is 0 Å². The molecule has 0 fully saturated rings. The average molecular weight is 625 g/mol. The number of hydrogen-bond donors (Lipinski definition) is 0. The first-order chi connectivity index (χ1) is 18.9.